The number of ether oxygens (including phenoxy) is 1. The lowest BCUT2D eigenvalue weighted by Crippen LogP contribution is -2.25. The normalized spacial score (nSPS) is 11.2. The number of thiazole rings is 1. The Morgan fingerprint density at radius 3 is 2.53 bits per heavy atom. The standard InChI is InChI=1S/C23H18BrN3O2S/c1-15-3-12-20-21(13-15)30-23(26-20)27(25-14-16-4-8-18(24)9-5-16)22(28)17-6-10-19(29-2)11-7-17/h3-14H,1-2H3/b25-14+. The van der Waals surface area contributed by atoms with Gasteiger partial charge in [0.25, 0.3) is 5.91 Å². The molecule has 0 atom stereocenters. The quantitative estimate of drug-likeness (QED) is 0.258. The van der Waals surface area contributed by atoms with Crippen molar-refractivity contribution in [2.24, 2.45) is 5.10 Å². The van der Waals surface area contributed by atoms with Gasteiger partial charge in [0.1, 0.15) is 5.75 Å². The smallest absolute Gasteiger partial charge is 0.280 e. The van der Waals surface area contributed by atoms with Gasteiger partial charge in [-0.25, -0.2) is 4.98 Å². The third-order valence-electron chi connectivity index (χ3n) is 4.44. The van der Waals surface area contributed by atoms with E-state index in [4.69, 9.17) is 4.74 Å². The van der Waals surface area contributed by atoms with Crippen LogP contribution in [0.4, 0.5) is 5.13 Å². The fourth-order valence-electron chi connectivity index (χ4n) is 2.83. The van der Waals surface area contributed by atoms with Crippen LogP contribution in [0, 0.1) is 6.92 Å². The highest BCUT2D eigenvalue weighted by atomic mass is 79.9. The number of hydrogen-bond donors (Lipinski definition) is 0. The third-order valence-corrected chi connectivity index (χ3v) is 5.96. The number of benzene rings is 3. The first-order valence-corrected chi connectivity index (χ1v) is 10.8. The van der Waals surface area contributed by atoms with Crippen LogP contribution in [0.3, 0.4) is 0 Å². The van der Waals surface area contributed by atoms with Gasteiger partial charge in [-0.3, -0.25) is 4.79 Å². The van der Waals surface area contributed by atoms with Crippen LogP contribution >= 0.6 is 27.3 Å². The summed E-state index contributed by atoms with van der Waals surface area (Å²) in [6.45, 7) is 2.03. The molecule has 0 spiro atoms. The fourth-order valence-corrected chi connectivity index (χ4v) is 4.11. The molecule has 0 aliphatic rings. The van der Waals surface area contributed by atoms with Crippen LogP contribution in [0.25, 0.3) is 10.2 Å². The van der Waals surface area contributed by atoms with Crippen molar-refractivity contribution >= 4 is 54.7 Å². The van der Waals surface area contributed by atoms with Gasteiger partial charge in [-0.05, 0) is 66.6 Å². The second kappa shape index (κ2) is 8.77. The number of amides is 1. The first-order valence-electron chi connectivity index (χ1n) is 9.19. The summed E-state index contributed by atoms with van der Waals surface area (Å²) in [7, 11) is 1.59. The molecule has 0 unspecified atom stereocenters. The maximum atomic E-state index is 13.3. The zero-order valence-electron chi connectivity index (χ0n) is 16.4. The predicted octanol–water partition coefficient (Wildman–Crippen LogP) is 6.06. The Balaban J connectivity index is 1.74. The molecule has 7 heteroatoms. The molecule has 4 aromatic rings. The summed E-state index contributed by atoms with van der Waals surface area (Å²) in [5.74, 6) is 0.425. The molecule has 0 saturated carbocycles. The Hall–Kier alpha value is -3.03. The minimum atomic E-state index is -0.262. The Morgan fingerprint density at radius 2 is 1.83 bits per heavy atom. The lowest BCUT2D eigenvalue weighted by molar-refractivity contribution is 0.0988. The van der Waals surface area contributed by atoms with Gasteiger partial charge in [0.15, 0.2) is 0 Å². The predicted molar refractivity (Wildman–Crippen MR) is 126 cm³/mol. The second-order valence-corrected chi connectivity index (χ2v) is 8.53. The summed E-state index contributed by atoms with van der Waals surface area (Å²) < 4.78 is 7.18. The maximum Gasteiger partial charge on any atom is 0.280 e. The Morgan fingerprint density at radius 1 is 1.10 bits per heavy atom. The molecule has 0 aliphatic heterocycles. The van der Waals surface area contributed by atoms with Crippen molar-refractivity contribution in [2.75, 3.05) is 12.1 Å². The second-order valence-electron chi connectivity index (χ2n) is 6.61. The van der Waals surface area contributed by atoms with Crippen LogP contribution in [0.5, 0.6) is 5.75 Å². The van der Waals surface area contributed by atoms with Gasteiger partial charge in [0, 0.05) is 10.0 Å². The van der Waals surface area contributed by atoms with Crippen LogP contribution in [0.2, 0.25) is 0 Å². The van der Waals surface area contributed by atoms with Crippen molar-refractivity contribution in [1.82, 2.24) is 4.98 Å². The SMILES string of the molecule is COc1ccc(C(=O)N(/N=C/c2ccc(Br)cc2)c2nc3ccc(C)cc3s2)cc1. The van der Waals surface area contributed by atoms with Crippen molar-refractivity contribution in [3.8, 4) is 5.75 Å². The summed E-state index contributed by atoms with van der Waals surface area (Å²) in [5, 5.41) is 6.36. The number of nitrogens with zero attached hydrogens (tertiary/aromatic N) is 3. The number of rotatable bonds is 5. The van der Waals surface area contributed by atoms with E-state index in [0.29, 0.717) is 16.4 Å². The molecule has 3 aromatic carbocycles. The van der Waals surface area contributed by atoms with E-state index in [1.54, 1.807) is 37.6 Å². The fraction of sp³-hybridized carbons (Fsp3) is 0.0870. The molecule has 150 valence electrons. The van der Waals surface area contributed by atoms with Crippen molar-refractivity contribution in [3.05, 3.63) is 87.9 Å². The van der Waals surface area contributed by atoms with Crippen molar-refractivity contribution < 1.29 is 9.53 Å². The summed E-state index contributed by atoms with van der Waals surface area (Å²) >= 11 is 4.86. The number of methoxy groups -OCH3 is 1. The highest BCUT2D eigenvalue weighted by Gasteiger charge is 2.21. The molecule has 1 aromatic heterocycles. The third kappa shape index (κ3) is 4.42. The van der Waals surface area contributed by atoms with Crippen LogP contribution < -0.4 is 9.75 Å². The Kier molecular flexibility index (Phi) is 5.92. The van der Waals surface area contributed by atoms with E-state index >= 15 is 0 Å². The van der Waals surface area contributed by atoms with Crippen LogP contribution in [0.15, 0.2) is 76.3 Å². The van der Waals surface area contributed by atoms with E-state index in [-0.39, 0.29) is 5.91 Å². The average Bonchev–Trinajstić information content (AvgIpc) is 3.18. The highest BCUT2D eigenvalue weighted by Crippen LogP contribution is 2.31. The van der Waals surface area contributed by atoms with Crippen molar-refractivity contribution in [2.45, 2.75) is 6.92 Å². The van der Waals surface area contributed by atoms with Gasteiger partial charge in [-0.1, -0.05) is 45.5 Å². The number of carbonyl (C=O) groups is 1. The zero-order valence-corrected chi connectivity index (χ0v) is 18.8. The largest absolute Gasteiger partial charge is 0.497 e. The zero-order chi connectivity index (χ0) is 21.1. The number of hydrazone groups is 1. The van der Waals surface area contributed by atoms with E-state index in [0.717, 1.165) is 25.8 Å². The van der Waals surface area contributed by atoms with E-state index in [9.17, 15) is 4.79 Å². The number of halogens is 1. The minimum absolute atomic E-state index is 0.262. The molecular weight excluding hydrogens is 462 g/mol. The summed E-state index contributed by atoms with van der Waals surface area (Å²) in [5.41, 5.74) is 3.36. The molecule has 0 radical (unpaired) electrons. The van der Waals surface area contributed by atoms with Gasteiger partial charge in [0.05, 0.1) is 23.5 Å². The first-order chi connectivity index (χ1) is 14.5. The van der Waals surface area contributed by atoms with Gasteiger partial charge in [0.2, 0.25) is 5.13 Å². The number of aromatic nitrogens is 1. The topological polar surface area (TPSA) is 54.8 Å². The van der Waals surface area contributed by atoms with E-state index in [1.807, 2.05) is 43.3 Å². The van der Waals surface area contributed by atoms with E-state index in [1.165, 1.54) is 16.3 Å². The van der Waals surface area contributed by atoms with E-state index < -0.39 is 0 Å². The number of fused-ring (bicyclic) bond motifs is 1. The van der Waals surface area contributed by atoms with Crippen molar-refractivity contribution in [3.63, 3.8) is 0 Å². The van der Waals surface area contributed by atoms with Gasteiger partial charge >= 0.3 is 0 Å². The number of carbonyl (C=O) groups excluding carboxylic acids is 1. The Labute approximate surface area is 186 Å². The average molecular weight is 480 g/mol. The highest BCUT2D eigenvalue weighted by molar-refractivity contribution is 9.10. The molecular formula is C23H18BrN3O2S. The molecule has 0 N–H and O–H groups in total. The maximum absolute atomic E-state index is 13.3. The molecule has 0 aliphatic carbocycles. The molecule has 1 heterocycles. The monoisotopic (exact) mass is 479 g/mol. The van der Waals surface area contributed by atoms with Crippen LogP contribution in [-0.4, -0.2) is 24.2 Å². The molecule has 0 fully saturated rings. The van der Waals surface area contributed by atoms with E-state index in [2.05, 4.69) is 32.1 Å². The van der Waals surface area contributed by atoms with Crippen LogP contribution in [0.1, 0.15) is 21.5 Å². The molecule has 4 rings (SSSR count). The van der Waals surface area contributed by atoms with Gasteiger partial charge in [-0.15, -0.1) is 0 Å². The molecule has 0 bridgehead atoms. The van der Waals surface area contributed by atoms with Gasteiger partial charge in [-0.2, -0.15) is 10.1 Å². The lowest BCUT2D eigenvalue weighted by atomic mass is 10.2. The number of anilines is 1. The minimum Gasteiger partial charge on any atom is -0.497 e. The van der Waals surface area contributed by atoms with Crippen molar-refractivity contribution in [1.29, 1.82) is 0 Å². The molecule has 1 amide bonds. The molecule has 0 saturated heterocycles. The Bertz CT molecular complexity index is 1220. The summed E-state index contributed by atoms with van der Waals surface area (Å²) in [6.07, 6.45) is 1.66. The van der Waals surface area contributed by atoms with Crippen LogP contribution in [-0.2, 0) is 0 Å². The molecule has 30 heavy (non-hydrogen) atoms. The lowest BCUT2D eigenvalue weighted by Gasteiger charge is -2.14. The summed E-state index contributed by atoms with van der Waals surface area (Å²) in [6, 6.07) is 20.7. The molecule has 5 nitrogen and oxygen atoms in total. The first kappa shape index (κ1) is 20.3. The summed E-state index contributed by atoms with van der Waals surface area (Å²) in [4.78, 5) is 17.9. The number of hydrogen-bond acceptors (Lipinski definition) is 5. The van der Waals surface area contributed by atoms with Gasteiger partial charge < -0.3 is 4.74 Å². The number of aryl methyl sites for hydroxylation is 1.